The number of furan rings is 1. The molecule has 0 aliphatic rings. The monoisotopic (exact) mass is 241 g/mol. The van der Waals surface area contributed by atoms with Gasteiger partial charge in [-0.05, 0) is 26.8 Å². The van der Waals surface area contributed by atoms with Gasteiger partial charge in [-0.15, -0.1) is 0 Å². The number of amides is 1. The molecule has 1 amide bonds. The molecule has 0 fully saturated rings. The number of carboxylic acid groups (broad SMARTS) is 1. The maximum absolute atomic E-state index is 11.3. The molecule has 1 rings (SSSR count). The van der Waals surface area contributed by atoms with Crippen LogP contribution in [0.1, 0.15) is 36.9 Å². The summed E-state index contributed by atoms with van der Waals surface area (Å²) < 4.78 is 9.78. The minimum Gasteiger partial charge on any atom is -0.475 e. The van der Waals surface area contributed by atoms with Gasteiger partial charge >= 0.3 is 12.1 Å². The first kappa shape index (κ1) is 13.1. The first-order valence-corrected chi connectivity index (χ1v) is 5.05. The average molecular weight is 241 g/mol. The van der Waals surface area contributed by atoms with Crippen molar-refractivity contribution in [2.75, 3.05) is 0 Å². The van der Waals surface area contributed by atoms with Crippen LogP contribution < -0.4 is 5.32 Å². The zero-order valence-electron chi connectivity index (χ0n) is 9.94. The normalized spacial score (nSPS) is 11.0. The van der Waals surface area contributed by atoms with Crippen molar-refractivity contribution in [2.24, 2.45) is 0 Å². The van der Waals surface area contributed by atoms with Crippen LogP contribution in [0.3, 0.4) is 0 Å². The van der Waals surface area contributed by atoms with E-state index >= 15 is 0 Å². The van der Waals surface area contributed by atoms with E-state index in [1.807, 2.05) is 0 Å². The van der Waals surface area contributed by atoms with E-state index in [1.54, 1.807) is 20.8 Å². The second-order valence-electron chi connectivity index (χ2n) is 4.48. The molecule has 0 saturated heterocycles. The van der Waals surface area contributed by atoms with Gasteiger partial charge in [-0.25, -0.2) is 9.59 Å². The Hall–Kier alpha value is -1.98. The van der Waals surface area contributed by atoms with Crippen LogP contribution in [0.25, 0.3) is 0 Å². The van der Waals surface area contributed by atoms with E-state index in [4.69, 9.17) is 14.3 Å². The third-order valence-electron chi connectivity index (χ3n) is 1.70. The number of aromatic carboxylic acids is 1. The number of alkyl carbamates (subject to hydrolysis) is 1. The van der Waals surface area contributed by atoms with E-state index in [-0.39, 0.29) is 12.3 Å². The van der Waals surface area contributed by atoms with Crippen molar-refractivity contribution in [3.05, 3.63) is 23.7 Å². The van der Waals surface area contributed by atoms with Crippen LogP contribution >= 0.6 is 0 Å². The Labute approximate surface area is 98.6 Å². The summed E-state index contributed by atoms with van der Waals surface area (Å²) in [6.07, 6.45) is 0.719. The lowest BCUT2D eigenvalue weighted by Crippen LogP contribution is -2.32. The Morgan fingerprint density at radius 2 is 2.12 bits per heavy atom. The molecule has 0 aliphatic carbocycles. The first-order chi connectivity index (χ1) is 7.78. The van der Waals surface area contributed by atoms with Crippen LogP contribution in [0.2, 0.25) is 0 Å². The van der Waals surface area contributed by atoms with Gasteiger partial charge in [-0.1, -0.05) is 0 Å². The van der Waals surface area contributed by atoms with Gasteiger partial charge < -0.3 is 19.6 Å². The third kappa shape index (κ3) is 4.58. The second-order valence-corrected chi connectivity index (χ2v) is 4.48. The summed E-state index contributed by atoms with van der Waals surface area (Å²) in [5.74, 6) is -1.31. The van der Waals surface area contributed by atoms with Crippen LogP contribution in [0.15, 0.2) is 16.7 Å². The van der Waals surface area contributed by atoms with Crippen LogP contribution in [0.5, 0.6) is 0 Å². The summed E-state index contributed by atoms with van der Waals surface area (Å²) in [6, 6.07) is 1.35. The van der Waals surface area contributed by atoms with Crippen LogP contribution in [-0.2, 0) is 11.3 Å². The van der Waals surface area contributed by atoms with E-state index in [9.17, 15) is 9.59 Å². The van der Waals surface area contributed by atoms with Gasteiger partial charge in [0.2, 0.25) is 5.76 Å². The summed E-state index contributed by atoms with van der Waals surface area (Å²) in [5.41, 5.74) is 0.000410. The highest BCUT2D eigenvalue weighted by atomic mass is 16.6. The molecule has 0 radical (unpaired) electrons. The SMILES string of the molecule is CC(C)(C)OC(=O)NCc1coc(C(=O)O)c1. The van der Waals surface area contributed by atoms with Gasteiger partial charge in [0.1, 0.15) is 5.60 Å². The molecule has 0 bridgehead atoms. The molecule has 0 saturated carbocycles. The number of hydrogen-bond donors (Lipinski definition) is 2. The number of nitrogens with one attached hydrogen (secondary N) is 1. The quantitative estimate of drug-likeness (QED) is 0.844. The molecule has 0 atom stereocenters. The molecule has 0 spiro atoms. The highest BCUT2D eigenvalue weighted by Crippen LogP contribution is 2.09. The minimum absolute atomic E-state index is 0.158. The van der Waals surface area contributed by atoms with Crippen LogP contribution in [0.4, 0.5) is 4.79 Å². The van der Waals surface area contributed by atoms with E-state index in [2.05, 4.69) is 5.32 Å². The summed E-state index contributed by atoms with van der Waals surface area (Å²) >= 11 is 0. The summed E-state index contributed by atoms with van der Waals surface area (Å²) in [5, 5.41) is 11.1. The first-order valence-electron chi connectivity index (χ1n) is 5.05. The van der Waals surface area contributed by atoms with Gasteiger partial charge in [0, 0.05) is 12.1 Å². The fourth-order valence-electron chi connectivity index (χ4n) is 1.07. The van der Waals surface area contributed by atoms with Crippen molar-refractivity contribution in [3.63, 3.8) is 0 Å². The van der Waals surface area contributed by atoms with E-state index in [0.717, 1.165) is 0 Å². The molecular formula is C11H15NO5. The van der Waals surface area contributed by atoms with E-state index in [1.165, 1.54) is 12.3 Å². The minimum atomic E-state index is -1.14. The predicted octanol–water partition coefficient (Wildman–Crippen LogP) is 2.00. The van der Waals surface area contributed by atoms with Crippen molar-refractivity contribution < 1.29 is 23.8 Å². The molecule has 0 unspecified atom stereocenters. The molecule has 1 heterocycles. The number of carbonyl (C=O) groups is 2. The Morgan fingerprint density at radius 1 is 1.47 bits per heavy atom. The topological polar surface area (TPSA) is 88.8 Å². The molecule has 0 aromatic carbocycles. The highest BCUT2D eigenvalue weighted by Gasteiger charge is 2.16. The van der Waals surface area contributed by atoms with E-state index < -0.39 is 17.7 Å². The van der Waals surface area contributed by atoms with Gasteiger partial charge in [0.25, 0.3) is 0 Å². The van der Waals surface area contributed by atoms with Crippen LogP contribution in [-0.4, -0.2) is 22.8 Å². The van der Waals surface area contributed by atoms with Gasteiger partial charge in [-0.3, -0.25) is 0 Å². The Kier molecular flexibility index (Phi) is 3.77. The van der Waals surface area contributed by atoms with E-state index in [0.29, 0.717) is 5.56 Å². The summed E-state index contributed by atoms with van der Waals surface area (Å²) in [6.45, 7) is 5.43. The van der Waals surface area contributed by atoms with Crippen molar-refractivity contribution >= 4 is 12.1 Å². The average Bonchev–Trinajstić information content (AvgIpc) is 2.60. The third-order valence-corrected chi connectivity index (χ3v) is 1.70. The lowest BCUT2D eigenvalue weighted by molar-refractivity contribution is 0.0522. The van der Waals surface area contributed by atoms with Crippen molar-refractivity contribution in [1.82, 2.24) is 5.32 Å². The zero-order chi connectivity index (χ0) is 13.1. The molecule has 17 heavy (non-hydrogen) atoms. The molecule has 1 aromatic heterocycles. The highest BCUT2D eigenvalue weighted by molar-refractivity contribution is 5.84. The molecule has 6 nitrogen and oxygen atoms in total. The smallest absolute Gasteiger partial charge is 0.407 e. The van der Waals surface area contributed by atoms with Crippen molar-refractivity contribution in [2.45, 2.75) is 32.9 Å². The fraction of sp³-hybridized carbons (Fsp3) is 0.455. The number of rotatable bonds is 3. The summed E-state index contributed by atoms with van der Waals surface area (Å²) in [4.78, 5) is 21.8. The number of carboxylic acids is 1. The maximum atomic E-state index is 11.3. The predicted molar refractivity (Wildman–Crippen MR) is 58.7 cm³/mol. The Bertz CT molecular complexity index is 416. The second kappa shape index (κ2) is 4.90. The molecule has 1 aromatic rings. The Balaban J connectivity index is 2.45. The van der Waals surface area contributed by atoms with Crippen molar-refractivity contribution in [1.29, 1.82) is 0 Å². The Morgan fingerprint density at radius 3 is 2.59 bits per heavy atom. The fourth-order valence-corrected chi connectivity index (χ4v) is 1.07. The molecule has 6 heteroatoms. The number of hydrogen-bond acceptors (Lipinski definition) is 4. The van der Waals surface area contributed by atoms with Gasteiger partial charge in [0.05, 0.1) is 6.26 Å². The van der Waals surface area contributed by atoms with Crippen molar-refractivity contribution in [3.8, 4) is 0 Å². The maximum Gasteiger partial charge on any atom is 0.407 e. The summed E-state index contributed by atoms with van der Waals surface area (Å²) in [7, 11) is 0. The van der Waals surface area contributed by atoms with Gasteiger partial charge in [-0.2, -0.15) is 0 Å². The number of ether oxygens (including phenoxy) is 1. The molecule has 2 N–H and O–H groups in total. The lowest BCUT2D eigenvalue weighted by atomic mass is 10.2. The number of carbonyl (C=O) groups excluding carboxylic acids is 1. The lowest BCUT2D eigenvalue weighted by Gasteiger charge is -2.19. The zero-order valence-corrected chi connectivity index (χ0v) is 9.94. The van der Waals surface area contributed by atoms with Gasteiger partial charge in [0.15, 0.2) is 0 Å². The standard InChI is InChI=1S/C11H15NO5/c1-11(2,3)17-10(15)12-5-7-4-8(9(13)14)16-6-7/h4,6H,5H2,1-3H3,(H,12,15)(H,13,14). The van der Waals surface area contributed by atoms with Crippen LogP contribution in [0, 0.1) is 0 Å². The molecule has 0 aliphatic heterocycles. The molecule has 94 valence electrons. The molecular weight excluding hydrogens is 226 g/mol. The largest absolute Gasteiger partial charge is 0.475 e.